The molecule has 0 radical (unpaired) electrons. The third-order valence-corrected chi connectivity index (χ3v) is 4.18. The first-order valence-corrected chi connectivity index (χ1v) is 7.95. The van der Waals surface area contributed by atoms with E-state index >= 15 is 0 Å². The number of thiophene rings is 1. The molecular weight excluding hydrogens is 292 g/mol. The van der Waals surface area contributed by atoms with E-state index in [2.05, 4.69) is 50.5 Å². The highest BCUT2D eigenvalue weighted by Gasteiger charge is 2.09. The second-order valence-electron chi connectivity index (χ2n) is 5.15. The number of nitrogens with one attached hydrogen (secondary N) is 2. The number of rotatable bonds is 3. The maximum Gasteiger partial charge on any atom is 0.153 e. The summed E-state index contributed by atoms with van der Waals surface area (Å²) in [6, 6.07) is 14.4. The Morgan fingerprint density at radius 2 is 2.00 bits per heavy atom. The molecule has 0 saturated heterocycles. The molecule has 4 aromatic rings. The van der Waals surface area contributed by atoms with E-state index in [0.717, 1.165) is 39.4 Å². The van der Waals surface area contributed by atoms with E-state index in [0.29, 0.717) is 0 Å². The third-order valence-electron chi connectivity index (χ3n) is 3.50. The quantitative estimate of drug-likeness (QED) is 0.575. The minimum atomic E-state index is 0.775. The number of hydrogen-bond donors (Lipinski definition) is 2. The fourth-order valence-corrected chi connectivity index (χ4v) is 3.14. The van der Waals surface area contributed by atoms with Crippen LogP contribution in [-0.2, 0) is 0 Å². The SMILES string of the molecule is Cc1cc(Nc2cc3ccccc3c(-c3ccsc3)n2)n[nH]1. The minimum Gasteiger partial charge on any atom is -0.323 e. The molecule has 4 nitrogen and oxygen atoms in total. The summed E-state index contributed by atoms with van der Waals surface area (Å²) in [4.78, 5) is 4.79. The molecule has 0 unspecified atom stereocenters. The lowest BCUT2D eigenvalue weighted by atomic mass is 10.1. The molecule has 0 aliphatic heterocycles. The third kappa shape index (κ3) is 2.35. The summed E-state index contributed by atoms with van der Waals surface area (Å²) in [6.07, 6.45) is 0. The number of hydrogen-bond acceptors (Lipinski definition) is 4. The zero-order chi connectivity index (χ0) is 14.9. The smallest absolute Gasteiger partial charge is 0.153 e. The Morgan fingerprint density at radius 1 is 1.09 bits per heavy atom. The Labute approximate surface area is 131 Å². The van der Waals surface area contributed by atoms with E-state index in [1.807, 2.05) is 25.1 Å². The van der Waals surface area contributed by atoms with Crippen LogP contribution >= 0.6 is 11.3 Å². The van der Waals surface area contributed by atoms with Gasteiger partial charge in [-0.25, -0.2) is 4.98 Å². The number of anilines is 2. The van der Waals surface area contributed by atoms with Gasteiger partial charge in [0.15, 0.2) is 5.82 Å². The predicted octanol–water partition coefficient (Wildman–Crippen LogP) is 4.74. The molecule has 0 atom stereocenters. The normalized spacial score (nSPS) is 11.0. The van der Waals surface area contributed by atoms with E-state index in [1.54, 1.807) is 11.3 Å². The predicted molar refractivity (Wildman–Crippen MR) is 91.7 cm³/mol. The molecule has 2 N–H and O–H groups in total. The van der Waals surface area contributed by atoms with Crippen molar-refractivity contribution in [2.24, 2.45) is 0 Å². The highest BCUT2D eigenvalue weighted by Crippen LogP contribution is 2.31. The molecule has 3 heterocycles. The minimum absolute atomic E-state index is 0.775. The van der Waals surface area contributed by atoms with E-state index in [1.165, 1.54) is 0 Å². The average molecular weight is 306 g/mol. The van der Waals surface area contributed by atoms with Crippen molar-refractivity contribution in [2.75, 3.05) is 5.32 Å². The van der Waals surface area contributed by atoms with Crippen LogP contribution in [0.1, 0.15) is 5.69 Å². The molecule has 0 aliphatic rings. The molecule has 22 heavy (non-hydrogen) atoms. The lowest BCUT2D eigenvalue weighted by molar-refractivity contribution is 1.05. The monoisotopic (exact) mass is 306 g/mol. The van der Waals surface area contributed by atoms with Crippen LogP contribution in [0, 0.1) is 6.92 Å². The summed E-state index contributed by atoms with van der Waals surface area (Å²) in [6.45, 7) is 1.97. The summed E-state index contributed by atoms with van der Waals surface area (Å²) < 4.78 is 0. The summed E-state index contributed by atoms with van der Waals surface area (Å²) in [5.41, 5.74) is 3.15. The molecule has 0 saturated carbocycles. The van der Waals surface area contributed by atoms with Crippen LogP contribution in [0.15, 0.2) is 53.2 Å². The van der Waals surface area contributed by atoms with Crippen LogP contribution in [0.5, 0.6) is 0 Å². The van der Waals surface area contributed by atoms with E-state index < -0.39 is 0 Å². The maximum atomic E-state index is 4.79. The molecule has 0 spiro atoms. The number of H-pyrrole nitrogens is 1. The van der Waals surface area contributed by atoms with Crippen LogP contribution in [0.3, 0.4) is 0 Å². The molecule has 4 rings (SSSR count). The second-order valence-corrected chi connectivity index (χ2v) is 5.93. The van der Waals surface area contributed by atoms with Crippen molar-refractivity contribution in [3.8, 4) is 11.3 Å². The highest BCUT2D eigenvalue weighted by molar-refractivity contribution is 7.08. The van der Waals surface area contributed by atoms with Gasteiger partial charge >= 0.3 is 0 Å². The average Bonchev–Trinajstić information content (AvgIpc) is 3.18. The number of aryl methyl sites for hydroxylation is 1. The van der Waals surface area contributed by atoms with Gasteiger partial charge in [-0.2, -0.15) is 16.4 Å². The van der Waals surface area contributed by atoms with Crippen LogP contribution in [-0.4, -0.2) is 15.2 Å². The number of aromatic amines is 1. The van der Waals surface area contributed by atoms with Crippen molar-refractivity contribution < 1.29 is 0 Å². The summed E-state index contributed by atoms with van der Waals surface area (Å²) in [5, 5.41) is 16.9. The van der Waals surface area contributed by atoms with Crippen molar-refractivity contribution in [1.82, 2.24) is 15.2 Å². The van der Waals surface area contributed by atoms with E-state index in [9.17, 15) is 0 Å². The van der Waals surface area contributed by atoms with Gasteiger partial charge in [0.1, 0.15) is 5.82 Å². The Bertz CT molecular complexity index is 925. The number of nitrogens with zero attached hydrogens (tertiary/aromatic N) is 2. The first kappa shape index (κ1) is 13.0. The molecule has 3 aromatic heterocycles. The maximum absolute atomic E-state index is 4.79. The molecule has 5 heteroatoms. The van der Waals surface area contributed by atoms with Crippen LogP contribution < -0.4 is 5.32 Å². The van der Waals surface area contributed by atoms with Gasteiger partial charge < -0.3 is 5.32 Å². The van der Waals surface area contributed by atoms with Crippen LogP contribution in [0.2, 0.25) is 0 Å². The topological polar surface area (TPSA) is 53.6 Å². The van der Waals surface area contributed by atoms with Gasteiger partial charge in [-0.3, -0.25) is 5.10 Å². The Hall–Kier alpha value is -2.66. The Kier molecular flexibility index (Phi) is 3.12. The van der Waals surface area contributed by atoms with Gasteiger partial charge in [0, 0.05) is 28.1 Å². The van der Waals surface area contributed by atoms with Crippen molar-refractivity contribution >= 4 is 33.7 Å². The molecule has 0 aliphatic carbocycles. The van der Waals surface area contributed by atoms with Crippen molar-refractivity contribution in [3.63, 3.8) is 0 Å². The fourth-order valence-electron chi connectivity index (χ4n) is 2.50. The molecule has 0 fully saturated rings. The number of aromatic nitrogens is 3. The van der Waals surface area contributed by atoms with Gasteiger partial charge in [0.2, 0.25) is 0 Å². The van der Waals surface area contributed by atoms with Crippen molar-refractivity contribution in [2.45, 2.75) is 6.92 Å². The summed E-state index contributed by atoms with van der Waals surface area (Å²) in [7, 11) is 0. The second kappa shape index (κ2) is 5.27. The number of fused-ring (bicyclic) bond motifs is 1. The summed E-state index contributed by atoms with van der Waals surface area (Å²) >= 11 is 1.68. The zero-order valence-corrected chi connectivity index (χ0v) is 12.8. The molecule has 1 aromatic carbocycles. The van der Waals surface area contributed by atoms with Crippen LogP contribution in [0.4, 0.5) is 11.6 Å². The van der Waals surface area contributed by atoms with Gasteiger partial charge in [0.05, 0.1) is 5.69 Å². The first-order chi connectivity index (χ1) is 10.8. The molecule has 0 amide bonds. The van der Waals surface area contributed by atoms with E-state index in [4.69, 9.17) is 4.98 Å². The first-order valence-electron chi connectivity index (χ1n) is 7.01. The molecular formula is C17H14N4S. The van der Waals surface area contributed by atoms with Crippen molar-refractivity contribution in [3.05, 3.63) is 58.9 Å². The molecule has 108 valence electrons. The zero-order valence-electron chi connectivity index (χ0n) is 12.0. The number of benzene rings is 1. The molecule has 0 bridgehead atoms. The van der Waals surface area contributed by atoms with Gasteiger partial charge in [-0.1, -0.05) is 24.3 Å². The van der Waals surface area contributed by atoms with Crippen molar-refractivity contribution in [1.29, 1.82) is 0 Å². The highest BCUT2D eigenvalue weighted by atomic mass is 32.1. The lowest BCUT2D eigenvalue weighted by Crippen LogP contribution is -1.96. The Morgan fingerprint density at radius 3 is 2.77 bits per heavy atom. The number of pyridine rings is 1. The largest absolute Gasteiger partial charge is 0.323 e. The van der Waals surface area contributed by atoms with Gasteiger partial charge in [0.25, 0.3) is 0 Å². The van der Waals surface area contributed by atoms with E-state index in [-0.39, 0.29) is 0 Å². The lowest BCUT2D eigenvalue weighted by Gasteiger charge is -2.09. The Balaban J connectivity index is 1.86. The van der Waals surface area contributed by atoms with Crippen LogP contribution in [0.25, 0.3) is 22.0 Å². The summed E-state index contributed by atoms with van der Waals surface area (Å²) in [5.74, 6) is 1.57. The van der Waals surface area contributed by atoms with Gasteiger partial charge in [-0.05, 0) is 29.8 Å². The standard InChI is InChI=1S/C17H14N4S/c1-11-8-16(21-20-11)18-15-9-12-4-2-3-5-14(12)17(19-15)13-6-7-22-10-13/h2-10H,1H3,(H2,18,19,20,21). The fraction of sp³-hybridized carbons (Fsp3) is 0.0588. The van der Waals surface area contributed by atoms with Gasteiger partial charge in [-0.15, -0.1) is 0 Å².